The summed E-state index contributed by atoms with van der Waals surface area (Å²) in [7, 11) is 0. The fourth-order valence-electron chi connectivity index (χ4n) is 3.21. The molecule has 0 fully saturated rings. The van der Waals surface area contributed by atoms with Crippen molar-refractivity contribution in [3.05, 3.63) is 59.3 Å². The molecule has 1 N–H and O–H groups in total. The van der Waals surface area contributed by atoms with Crippen LogP contribution >= 0.6 is 0 Å². The van der Waals surface area contributed by atoms with Gasteiger partial charge in [0.15, 0.2) is 0 Å². The van der Waals surface area contributed by atoms with Gasteiger partial charge in [0.2, 0.25) is 0 Å². The third-order valence-corrected chi connectivity index (χ3v) is 4.55. The lowest BCUT2D eigenvalue weighted by molar-refractivity contribution is 0.211. The van der Waals surface area contributed by atoms with Gasteiger partial charge in [-0.2, -0.15) is 0 Å². The summed E-state index contributed by atoms with van der Waals surface area (Å²) in [5.41, 5.74) is 3.82. The van der Waals surface area contributed by atoms with E-state index in [4.69, 9.17) is 5.41 Å². The Morgan fingerprint density at radius 3 is 2.79 bits per heavy atom. The summed E-state index contributed by atoms with van der Waals surface area (Å²) in [6, 6.07) is 0. The zero-order valence-electron chi connectivity index (χ0n) is 14.0. The van der Waals surface area contributed by atoms with Crippen molar-refractivity contribution in [2.75, 3.05) is 19.6 Å². The molecule has 3 aliphatic rings. The van der Waals surface area contributed by atoms with Crippen LogP contribution in [0.4, 0.5) is 0 Å². The summed E-state index contributed by atoms with van der Waals surface area (Å²) >= 11 is 0. The Balaban J connectivity index is 1.69. The van der Waals surface area contributed by atoms with Gasteiger partial charge in [0.1, 0.15) is 6.17 Å². The van der Waals surface area contributed by atoms with Gasteiger partial charge in [-0.1, -0.05) is 30.4 Å². The van der Waals surface area contributed by atoms with Gasteiger partial charge in [-0.3, -0.25) is 14.9 Å². The van der Waals surface area contributed by atoms with Gasteiger partial charge in [0.25, 0.3) is 0 Å². The van der Waals surface area contributed by atoms with Crippen molar-refractivity contribution < 1.29 is 0 Å². The van der Waals surface area contributed by atoms with Gasteiger partial charge in [-0.15, -0.1) is 0 Å². The molecule has 4 nitrogen and oxygen atoms in total. The minimum atomic E-state index is 0.218. The van der Waals surface area contributed by atoms with Crippen LogP contribution in [0, 0.1) is 5.41 Å². The van der Waals surface area contributed by atoms with Crippen molar-refractivity contribution in [1.82, 2.24) is 4.90 Å². The average molecular weight is 320 g/mol. The number of nitrogens with zero attached hydrogens (tertiary/aromatic N) is 3. The van der Waals surface area contributed by atoms with Crippen LogP contribution in [0.3, 0.4) is 0 Å². The second kappa shape index (κ2) is 7.97. The van der Waals surface area contributed by atoms with E-state index in [1.165, 1.54) is 5.57 Å². The average Bonchev–Trinajstić information content (AvgIpc) is 2.90. The summed E-state index contributed by atoms with van der Waals surface area (Å²) in [5, 5.41) is 8.21. The Morgan fingerprint density at radius 2 is 2.08 bits per heavy atom. The quantitative estimate of drug-likeness (QED) is 0.625. The first-order chi connectivity index (χ1) is 11.8. The first-order valence-corrected chi connectivity index (χ1v) is 8.51. The van der Waals surface area contributed by atoms with Crippen molar-refractivity contribution >= 4 is 18.6 Å². The molecule has 2 heterocycles. The third kappa shape index (κ3) is 3.95. The summed E-state index contributed by atoms with van der Waals surface area (Å²) in [6.45, 7) is 6.16. The topological polar surface area (TPSA) is 51.8 Å². The molecule has 1 aliphatic carbocycles. The molecule has 1 unspecified atom stereocenters. The summed E-state index contributed by atoms with van der Waals surface area (Å²) in [5.74, 6) is 0. The highest BCUT2D eigenvalue weighted by molar-refractivity contribution is 6.10. The first kappa shape index (κ1) is 16.5. The standard InChI is InChI=1S/C20H24N4/c1-22-10-8-16-6-7-17(14-19(16)21)18-9-11-23-20(15-18)24-12-4-2-3-5-13-24/h2-3,6-9,11,14,20-21H,1,4-5,10,12-13,15H2. The van der Waals surface area contributed by atoms with Gasteiger partial charge >= 0.3 is 0 Å². The molecule has 0 radical (unpaired) electrons. The van der Waals surface area contributed by atoms with Gasteiger partial charge < -0.3 is 5.41 Å². The maximum absolute atomic E-state index is 8.21. The van der Waals surface area contributed by atoms with Crippen molar-refractivity contribution in [2.24, 2.45) is 9.98 Å². The predicted molar refractivity (Wildman–Crippen MR) is 102 cm³/mol. The number of hydrogen-bond donors (Lipinski definition) is 1. The Morgan fingerprint density at radius 1 is 1.29 bits per heavy atom. The molecular weight excluding hydrogens is 296 g/mol. The van der Waals surface area contributed by atoms with E-state index in [2.05, 4.69) is 45.9 Å². The number of allylic oxidation sites excluding steroid dienone is 6. The minimum Gasteiger partial charge on any atom is -0.300 e. The third-order valence-electron chi connectivity index (χ3n) is 4.55. The Bertz CT molecular complexity index is 678. The van der Waals surface area contributed by atoms with Crippen molar-refractivity contribution in [2.45, 2.75) is 25.4 Å². The number of rotatable bonds is 4. The molecule has 2 aliphatic heterocycles. The zero-order chi connectivity index (χ0) is 16.8. The highest BCUT2D eigenvalue weighted by Gasteiger charge is 2.22. The smallest absolute Gasteiger partial charge is 0.106 e. The highest BCUT2D eigenvalue weighted by atomic mass is 15.2. The maximum Gasteiger partial charge on any atom is 0.106 e. The lowest BCUT2D eigenvalue weighted by Gasteiger charge is -2.30. The molecule has 0 aromatic rings. The van der Waals surface area contributed by atoms with Gasteiger partial charge in [-0.05, 0) is 48.4 Å². The lowest BCUT2D eigenvalue weighted by atomic mass is 9.91. The van der Waals surface area contributed by atoms with Crippen LogP contribution in [-0.2, 0) is 0 Å². The van der Waals surface area contributed by atoms with Crippen molar-refractivity contribution in [3.8, 4) is 0 Å². The summed E-state index contributed by atoms with van der Waals surface area (Å²) in [4.78, 5) is 11.0. The maximum atomic E-state index is 8.21. The number of hydrogen-bond acceptors (Lipinski definition) is 4. The van der Waals surface area contributed by atoms with E-state index >= 15 is 0 Å². The molecule has 124 valence electrons. The van der Waals surface area contributed by atoms with E-state index in [1.54, 1.807) is 0 Å². The van der Waals surface area contributed by atoms with Crippen molar-refractivity contribution in [3.63, 3.8) is 0 Å². The second-order valence-electron chi connectivity index (χ2n) is 6.17. The molecule has 1 atom stereocenters. The molecule has 0 spiro atoms. The van der Waals surface area contributed by atoms with E-state index in [-0.39, 0.29) is 6.17 Å². The van der Waals surface area contributed by atoms with E-state index in [9.17, 15) is 0 Å². The van der Waals surface area contributed by atoms with Crippen LogP contribution in [0.25, 0.3) is 0 Å². The molecule has 0 bridgehead atoms. The monoisotopic (exact) mass is 320 g/mol. The van der Waals surface area contributed by atoms with E-state index in [1.807, 2.05) is 24.4 Å². The highest BCUT2D eigenvalue weighted by Crippen LogP contribution is 2.27. The minimum absolute atomic E-state index is 0.218. The Hall–Kier alpha value is -2.33. The lowest BCUT2D eigenvalue weighted by Crippen LogP contribution is -2.36. The Labute approximate surface area is 143 Å². The fourth-order valence-corrected chi connectivity index (χ4v) is 3.21. The van der Waals surface area contributed by atoms with Crippen LogP contribution < -0.4 is 0 Å². The van der Waals surface area contributed by atoms with Crippen LogP contribution in [0.5, 0.6) is 0 Å². The van der Waals surface area contributed by atoms with Gasteiger partial charge in [0, 0.05) is 25.7 Å². The number of aliphatic imine (C=N–C) groups is 2. The SMILES string of the molecule is C=NCC=C1C=CC(C2=CC=NC(N3CCC=CCC3)C2)=CC1=N. The number of dihydropyridines is 1. The molecule has 4 heteroatoms. The van der Waals surface area contributed by atoms with Gasteiger partial charge in [-0.25, -0.2) is 0 Å². The van der Waals surface area contributed by atoms with Crippen LogP contribution in [0.2, 0.25) is 0 Å². The van der Waals surface area contributed by atoms with E-state index < -0.39 is 0 Å². The molecule has 0 saturated carbocycles. The molecular formula is C20H24N4. The predicted octanol–water partition coefficient (Wildman–Crippen LogP) is 3.51. The molecule has 0 saturated heterocycles. The molecule has 0 aromatic carbocycles. The molecule has 0 amide bonds. The van der Waals surface area contributed by atoms with Crippen LogP contribution in [-0.4, -0.2) is 49.3 Å². The summed E-state index contributed by atoms with van der Waals surface area (Å²) < 4.78 is 0. The van der Waals surface area contributed by atoms with Crippen LogP contribution in [0.1, 0.15) is 19.3 Å². The number of nitrogens with one attached hydrogen (secondary N) is 1. The molecule has 0 aromatic heterocycles. The first-order valence-electron chi connectivity index (χ1n) is 8.51. The molecule has 3 rings (SSSR count). The fraction of sp³-hybridized carbons (Fsp3) is 0.350. The normalized spacial score (nSPS) is 26.2. The largest absolute Gasteiger partial charge is 0.300 e. The Kier molecular flexibility index (Phi) is 5.49. The van der Waals surface area contributed by atoms with E-state index in [0.29, 0.717) is 12.3 Å². The zero-order valence-corrected chi connectivity index (χ0v) is 14.0. The van der Waals surface area contributed by atoms with E-state index in [0.717, 1.165) is 43.5 Å². The second-order valence-corrected chi connectivity index (χ2v) is 6.17. The van der Waals surface area contributed by atoms with Crippen molar-refractivity contribution in [1.29, 1.82) is 5.41 Å². The molecule has 24 heavy (non-hydrogen) atoms. The summed E-state index contributed by atoms with van der Waals surface area (Å²) in [6.07, 6.45) is 19.8. The van der Waals surface area contributed by atoms with Crippen LogP contribution in [0.15, 0.2) is 69.2 Å². The van der Waals surface area contributed by atoms with Gasteiger partial charge in [0.05, 0.1) is 12.3 Å².